The Labute approximate surface area is 140 Å². The number of rotatable bonds is 5. The molecule has 0 radical (unpaired) electrons. The Hall–Kier alpha value is -2.94. The average molecular weight is 340 g/mol. The number of thioether (sulfide) groups is 1. The van der Waals surface area contributed by atoms with Crippen LogP contribution in [0.1, 0.15) is 5.89 Å². The Morgan fingerprint density at radius 2 is 2.21 bits per heavy atom. The van der Waals surface area contributed by atoms with Crippen molar-refractivity contribution in [1.29, 1.82) is 0 Å². The molecule has 9 heteroatoms. The summed E-state index contributed by atoms with van der Waals surface area (Å²) in [5.41, 5.74) is 0.837. The minimum Gasteiger partial charge on any atom is -0.497 e. The third-order valence-corrected chi connectivity index (χ3v) is 4.04. The van der Waals surface area contributed by atoms with Crippen molar-refractivity contribution < 1.29 is 9.26 Å². The van der Waals surface area contributed by atoms with Gasteiger partial charge in [0.05, 0.1) is 12.9 Å². The Morgan fingerprint density at radius 3 is 3.08 bits per heavy atom. The summed E-state index contributed by atoms with van der Waals surface area (Å²) in [5.74, 6) is 2.81. The van der Waals surface area contributed by atoms with E-state index in [1.165, 1.54) is 11.8 Å². The number of benzene rings is 1. The van der Waals surface area contributed by atoms with Gasteiger partial charge in [0.15, 0.2) is 0 Å². The van der Waals surface area contributed by atoms with Gasteiger partial charge in [-0.1, -0.05) is 29.1 Å². The molecule has 0 N–H and O–H groups in total. The fourth-order valence-electron chi connectivity index (χ4n) is 2.09. The zero-order valence-electron chi connectivity index (χ0n) is 12.7. The Balaban J connectivity index is 1.48. The molecule has 0 saturated carbocycles. The van der Waals surface area contributed by atoms with Crippen LogP contribution in [0, 0.1) is 0 Å². The summed E-state index contributed by atoms with van der Waals surface area (Å²) in [6, 6.07) is 9.31. The first kappa shape index (κ1) is 14.6. The summed E-state index contributed by atoms with van der Waals surface area (Å²) in [4.78, 5) is 12.8. The van der Waals surface area contributed by atoms with E-state index in [1.54, 1.807) is 30.1 Å². The molecule has 0 atom stereocenters. The van der Waals surface area contributed by atoms with Crippen LogP contribution < -0.4 is 4.74 Å². The largest absolute Gasteiger partial charge is 0.497 e. The lowest BCUT2D eigenvalue weighted by molar-refractivity contribution is 0.391. The van der Waals surface area contributed by atoms with E-state index in [2.05, 4.69) is 25.2 Å². The van der Waals surface area contributed by atoms with Gasteiger partial charge in [0.1, 0.15) is 5.75 Å². The molecule has 3 aromatic heterocycles. The maximum atomic E-state index is 5.29. The van der Waals surface area contributed by atoms with E-state index in [1.807, 2.05) is 24.3 Å². The summed E-state index contributed by atoms with van der Waals surface area (Å²) >= 11 is 1.41. The number of fused-ring (bicyclic) bond motifs is 1. The van der Waals surface area contributed by atoms with Gasteiger partial charge in [0.25, 0.3) is 5.78 Å². The van der Waals surface area contributed by atoms with Gasteiger partial charge in [0, 0.05) is 18.0 Å². The third-order valence-electron chi connectivity index (χ3n) is 3.22. The first-order valence-corrected chi connectivity index (χ1v) is 8.07. The quantitative estimate of drug-likeness (QED) is 0.512. The smallest absolute Gasteiger partial charge is 0.253 e. The zero-order valence-corrected chi connectivity index (χ0v) is 13.5. The van der Waals surface area contributed by atoms with E-state index in [4.69, 9.17) is 9.26 Å². The molecule has 120 valence electrons. The van der Waals surface area contributed by atoms with Crippen molar-refractivity contribution >= 4 is 17.5 Å². The van der Waals surface area contributed by atoms with E-state index in [0.29, 0.717) is 28.4 Å². The molecule has 24 heavy (non-hydrogen) atoms. The van der Waals surface area contributed by atoms with E-state index in [0.717, 1.165) is 11.3 Å². The third kappa shape index (κ3) is 2.93. The van der Waals surface area contributed by atoms with Crippen LogP contribution in [-0.4, -0.2) is 36.8 Å². The fraction of sp³-hybridized carbons (Fsp3) is 0.133. The predicted molar refractivity (Wildman–Crippen MR) is 86.6 cm³/mol. The lowest BCUT2D eigenvalue weighted by Crippen LogP contribution is -1.87. The number of methoxy groups -OCH3 is 1. The topological polar surface area (TPSA) is 91.2 Å². The molecular weight excluding hydrogens is 328 g/mol. The van der Waals surface area contributed by atoms with Crippen molar-refractivity contribution in [1.82, 2.24) is 29.7 Å². The van der Waals surface area contributed by atoms with Crippen molar-refractivity contribution in [3.05, 3.63) is 48.6 Å². The van der Waals surface area contributed by atoms with Gasteiger partial charge in [-0.3, -0.25) is 0 Å². The summed E-state index contributed by atoms with van der Waals surface area (Å²) in [6.07, 6.45) is 3.48. The van der Waals surface area contributed by atoms with Gasteiger partial charge in [-0.15, -0.1) is 5.10 Å². The second kappa shape index (κ2) is 6.28. The van der Waals surface area contributed by atoms with E-state index >= 15 is 0 Å². The van der Waals surface area contributed by atoms with Crippen LogP contribution >= 0.6 is 11.8 Å². The SMILES string of the molecule is COc1cccc(-c2noc(CSc3nc4ncccn4n3)n2)c1. The molecule has 3 heterocycles. The number of hydrogen-bond acceptors (Lipinski definition) is 8. The maximum absolute atomic E-state index is 5.29. The fourth-order valence-corrected chi connectivity index (χ4v) is 2.76. The number of ether oxygens (including phenoxy) is 1. The maximum Gasteiger partial charge on any atom is 0.253 e. The highest BCUT2D eigenvalue weighted by molar-refractivity contribution is 7.98. The van der Waals surface area contributed by atoms with Crippen LogP contribution in [0.15, 0.2) is 52.4 Å². The minimum atomic E-state index is 0.480. The first-order valence-electron chi connectivity index (χ1n) is 7.09. The molecule has 8 nitrogen and oxygen atoms in total. The van der Waals surface area contributed by atoms with Gasteiger partial charge in [-0.25, -0.2) is 9.50 Å². The van der Waals surface area contributed by atoms with Crippen LogP contribution in [0.3, 0.4) is 0 Å². The lowest BCUT2D eigenvalue weighted by atomic mass is 10.2. The van der Waals surface area contributed by atoms with Gasteiger partial charge >= 0.3 is 0 Å². The van der Waals surface area contributed by atoms with Gasteiger partial charge in [0.2, 0.25) is 16.9 Å². The summed E-state index contributed by atoms with van der Waals surface area (Å²) in [6.45, 7) is 0. The molecule has 0 bridgehead atoms. The van der Waals surface area contributed by atoms with Crippen LogP contribution in [-0.2, 0) is 5.75 Å². The Morgan fingerprint density at radius 1 is 1.25 bits per heavy atom. The normalized spacial score (nSPS) is 11.0. The van der Waals surface area contributed by atoms with Crippen LogP contribution in [0.2, 0.25) is 0 Å². The molecule has 4 aromatic rings. The lowest BCUT2D eigenvalue weighted by Gasteiger charge is -1.99. The molecular formula is C15H12N6O2S. The average Bonchev–Trinajstić information content (AvgIpc) is 3.26. The van der Waals surface area contributed by atoms with Crippen LogP contribution in [0.4, 0.5) is 0 Å². The van der Waals surface area contributed by atoms with Crippen molar-refractivity contribution in [2.45, 2.75) is 10.9 Å². The van der Waals surface area contributed by atoms with Gasteiger partial charge in [-0.2, -0.15) is 9.97 Å². The van der Waals surface area contributed by atoms with Gasteiger partial charge in [-0.05, 0) is 18.2 Å². The molecule has 0 spiro atoms. The minimum absolute atomic E-state index is 0.480. The summed E-state index contributed by atoms with van der Waals surface area (Å²) in [5, 5.41) is 8.92. The van der Waals surface area contributed by atoms with Gasteiger partial charge < -0.3 is 9.26 Å². The molecule has 1 aromatic carbocycles. The zero-order chi connectivity index (χ0) is 16.4. The van der Waals surface area contributed by atoms with E-state index < -0.39 is 0 Å². The monoisotopic (exact) mass is 340 g/mol. The highest BCUT2D eigenvalue weighted by atomic mass is 32.2. The molecule has 0 amide bonds. The molecule has 0 unspecified atom stereocenters. The first-order chi connectivity index (χ1) is 11.8. The van der Waals surface area contributed by atoms with Crippen LogP contribution in [0.25, 0.3) is 17.2 Å². The van der Waals surface area contributed by atoms with Crippen molar-refractivity contribution in [3.8, 4) is 17.1 Å². The molecule has 0 fully saturated rings. The highest BCUT2D eigenvalue weighted by Crippen LogP contribution is 2.23. The number of nitrogens with zero attached hydrogens (tertiary/aromatic N) is 6. The summed E-state index contributed by atoms with van der Waals surface area (Å²) < 4.78 is 12.1. The molecule has 0 aliphatic rings. The van der Waals surface area contributed by atoms with Crippen molar-refractivity contribution in [2.75, 3.05) is 7.11 Å². The molecule has 0 aliphatic carbocycles. The van der Waals surface area contributed by atoms with Crippen molar-refractivity contribution in [2.24, 2.45) is 0 Å². The van der Waals surface area contributed by atoms with Crippen molar-refractivity contribution in [3.63, 3.8) is 0 Å². The highest BCUT2D eigenvalue weighted by Gasteiger charge is 2.12. The number of hydrogen-bond donors (Lipinski definition) is 0. The standard InChI is InChI=1S/C15H12N6O2S/c1-22-11-5-2-4-10(8-11)13-17-12(23-20-13)9-24-15-18-14-16-6-3-7-21(14)19-15/h2-8H,9H2,1H3. The molecule has 0 aliphatic heterocycles. The molecule has 4 rings (SSSR count). The molecule has 0 saturated heterocycles. The second-order valence-electron chi connectivity index (χ2n) is 4.79. The Bertz CT molecular complexity index is 950. The Kier molecular flexibility index (Phi) is 3.83. The second-order valence-corrected chi connectivity index (χ2v) is 5.73. The predicted octanol–water partition coefficient (Wildman–Crippen LogP) is 2.48. The van der Waals surface area contributed by atoms with Crippen LogP contribution in [0.5, 0.6) is 5.75 Å². The van der Waals surface area contributed by atoms with E-state index in [-0.39, 0.29) is 0 Å². The summed E-state index contributed by atoms with van der Waals surface area (Å²) in [7, 11) is 1.62. The number of aromatic nitrogens is 6. The van der Waals surface area contributed by atoms with E-state index in [9.17, 15) is 0 Å².